The van der Waals surface area contributed by atoms with Crippen molar-refractivity contribution in [2.24, 2.45) is 0 Å². The zero-order valence-corrected chi connectivity index (χ0v) is 12.2. The number of unbranched alkanes of at least 4 members (excludes halogenated alkanes) is 1. The lowest BCUT2D eigenvalue weighted by molar-refractivity contribution is 0.193. The lowest BCUT2D eigenvalue weighted by atomic mass is 10.1. The molecule has 2 aromatic rings. The van der Waals surface area contributed by atoms with Gasteiger partial charge in [0.2, 0.25) is 0 Å². The highest BCUT2D eigenvalue weighted by molar-refractivity contribution is 5.53. The van der Waals surface area contributed by atoms with Crippen LogP contribution in [0.4, 0.5) is 0 Å². The fraction of sp³-hybridized carbons (Fsp3) is 0.533. The van der Waals surface area contributed by atoms with Gasteiger partial charge in [0.15, 0.2) is 11.6 Å². The highest BCUT2D eigenvalue weighted by Crippen LogP contribution is 2.26. The number of hydrogen-bond donors (Lipinski definition) is 1. The van der Waals surface area contributed by atoms with Gasteiger partial charge in [0, 0.05) is 25.3 Å². The third-order valence-electron chi connectivity index (χ3n) is 3.76. The highest BCUT2D eigenvalue weighted by Gasteiger charge is 2.24. The number of rotatable bonds is 5. The van der Waals surface area contributed by atoms with Crippen LogP contribution in [0.15, 0.2) is 12.3 Å². The molecule has 110 valence electrons. The summed E-state index contributed by atoms with van der Waals surface area (Å²) in [6, 6.07) is 3.95. The lowest BCUT2D eigenvalue weighted by Gasteiger charge is -2.03. The van der Waals surface area contributed by atoms with Crippen LogP contribution in [0.25, 0.3) is 11.5 Å². The Kier molecular flexibility index (Phi) is 4.02. The molecular weight excluding hydrogens is 266 g/mol. The van der Waals surface area contributed by atoms with Gasteiger partial charge in [-0.15, -0.1) is 0 Å². The molecule has 0 spiro atoms. The molecule has 1 aliphatic rings. The quantitative estimate of drug-likeness (QED) is 0.915. The summed E-state index contributed by atoms with van der Waals surface area (Å²) in [6.45, 7) is 4.48. The minimum atomic E-state index is 0.289. The van der Waals surface area contributed by atoms with Crippen LogP contribution in [0.3, 0.4) is 0 Å². The van der Waals surface area contributed by atoms with Gasteiger partial charge in [0.25, 0.3) is 0 Å². The van der Waals surface area contributed by atoms with Gasteiger partial charge < -0.3 is 9.72 Å². The van der Waals surface area contributed by atoms with Crippen LogP contribution in [-0.2, 0) is 11.3 Å². The molecule has 0 amide bonds. The number of nitrogens with zero attached hydrogens (tertiary/aromatic N) is 4. The van der Waals surface area contributed by atoms with Crippen LogP contribution >= 0.6 is 0 Å². The van der Waals surface area contributed by atoms with E-state index in [9.17, 15) is 0 Å². The first-order valence-corrected chi connectivity index (χ1v) is 7.43. The Hall–Kier alpha value is -2.13. The normalized spacial score (nSPS) is 18.0. The fourth-order valence-electron chi connectivity index (χ4n) is 2.52. The van der Waals surface area contributed by atoms with E-state index >= 15 is 0 Å². The third kappa shape index (κ3) is 2.83. The Morgan fingerprint density at radius 1 is 1.57 bits per heavy atom. The van der Waals surface area contributed by atoms with Crippen LogP contribution in [0, 0.1) is 11.3 Å². The Morgan fingerprint density at radius 2 is 2.48 bits per heavy atom. The molecule has 1 atom stereocenters. The molecule has 1 aliphatic heterocycles. The van der Waals surface area contributed by atoms with Crippen molar-refractivity contribution in [1.82, 2.24) is 19.7 Å². The molecule has 3 rings (SSSR count). The number of nitriles is 1. The molecule has 21 heavy (non-hydrogen) atoms. The maximum Gasteiger partial charge on any atom is 0.174 e. The van der Waals surface area contributed by atoms with E-state index < -0.39 is 0 Å². The minimum absolute atomic E-state index is 0.289. The standard InChI is InChI=1S/C15H19N5O/c1-2-3-5-20-15(13-7-11(8-16)9-17-13)18-14(19-20)12-4-6-21-10-12/h7,9,12,17H,2-6,10H2,1H3/t12-/m1/s1. The predicted octanol–water partition coefficient (Wildman–Crippen LogP) is 2.45. The smallest absolute Gasteiger partial charge is 0.174 e. The monoisotopic (exact) mass is 285 g/mol. The molecule has 6 heteroatoms. The van der Waals surface area contributed by atoms with Gasteiger partial charge in [0.05, 0.1) is 17.9 Å². The van der Waals surface area contributed by atoms with Gasteiger partial charge in [-0.3, -0.25) is 0 Å². The maximum absolute atomic E-state index is 8.96. The summed E-state index contributed by atoms with van der Waals surface area (Å²) in [6.07, 6.45) is 4.84. The maximum atomic E-state index is 8.96. The third-order valence-corrected chi connectivity index (χ3v) is 3.76. The number of hydrogen-bond acceptors (Lipinski definition) is 4. The van der Waals surface area contributed by atoms with Crippen molar-refractivity contribution in [1.29, 1.82) is 5.26 Å². The number of aryl methyl sites for hydroxylation is 1. The number of H-pyrrole nitrogens is 1. The first kappa shape index (κ1) is 13.8. The number of nitrogens with one attached hydrogen (secondary N) is 1. The molecule has 1 saturated heterocycles. The molecule has 3 heterocycles. The first-order valence-electron chi connectivity index (χ1n) is 7.43. The summed E-state index contributed by atoms with van der Waals surface area (Å²) >= 11 is 0. The number of ether oxygens (including phenoxy) is 1. The summed E-state index contributed by atoms with van der Waals surface area (Å²) in [5, 5.41) is 13.6. The summed E-state index contributed by atoms with van der Waals surface area (Å²) in [7, 11) is 0. The molecular formula is C15H19N5O. The largest absolute Gasteiger partial charge is 0.381 e. The summed E-state index contributed by atoms with van der Waals surface area (Å²) in [5.74, 6) is 1.95. The van der Waals surface area contributed by atoms with E-state index in [1.54, 1.807) is 6.20 Å². The summed E-state index contributed by atoms with van der Waals surface area (Å²) in [4.78, 5) is 7.81. The van der Waals surface area contributed by atoms with E-state index in [2.05, 4.69) is 23.1 Å². The van der Waals surface area contributed by atoms with E-state index in [4.69, 9.17) is 15.0 Å². The molecule has 0 unspecified atom stereocenters. The molecule has 0 saturated carbocycles. The topological polar surface area (TPSA) is 79.5 Å². The van der Waals surface area contributed by atoms with Gasteiger partial charge in [-0.1, -0.05) is 13.3 Å². The van der Waals surface area contributed by atoms with Gasteiger partial charge in [-0.2, -0.15) is 10.4 Å². The average molecular weight is 285 g/mol. The van der Waals surface area contributed by atoms with Crippen molar-refractivity contribution < 1.29 is 4.74 Å². The van der Waals surface area contributed by atoms with Crippen LogP contribution in [0.2, 0.25) is 0 Å². The van der Waals surface area contributed by atoms with E-state index in [1.807, 2.05) is 10.7 Å². The molecule has 1 N–H and O–H groups in total. The van der Waals surface area contributed by atoms with E-state index in [1.165, 1.54) is 0 Å². The molecule has 1 fully saturated rings. The Balaban J connectivity index is 1.94. The van der Waals surface area contributed by atoms with E-state index in [-0.39, 0.29) is 5.92 Å². The van der Waals surface area contributed by atoms with Gasteiger partial charge in [0.1, 0.15) is 6.07 Å². The first-order chi connectivity index (χ1) is 10.3. The Bertz CT molecular complexity index is 645. The second-order valence-electron chi connectivity index (χ2n) is 5.34. The minimum Gasteiger partial charge on any atom is -0.381 e. The van der Waals surface area contributed by atoms with Crippen LogP contribution in [0.1, 0.15) is 43.5 Å². The summed E-state index contributed by atoms with van der Waals surface area (Å²) in [5.41, 5.74) is 1.46. The van der Waals surface area contributed by atoms with Crippen LogP contribution in [-0.4, -0.2) is 33.0 Å². The van der Waals surface area contributed by atoms with E-state index in [0.717, 1.165) is 49.8 Å². The zero-order valence-electron chi connectivity index (χ0n) is 12.2. The molecule has 2 aromatic heterocycles. The van der Waals surface area contributed by atoms with Gasteiger partial charge >= 0.3 is 0 Å². The molecule has 0 aromatic carbocycles. The van der Waals surface area contributed by atoms with Crippen molar-refractivity contribution in [2.45, 2.75) is 38.6 Å². The van der Waals surface area contributed by atoms with Gasteiger partial charge in [-0.05, 0) is 18.9 Å². The Morgan fingerprint density at radius 3 is 3.14 bits per heavy atom. The fourth-order valence-corrected chi connectivity index (χ4v) is 2.52. The predicted molar refractivity (Wildman–Crippen MR) is 77.6 cm³/mol. The van der Waals surface area contributed by atoms with Crippen LogP contribution < -0.4 is 0 Å². The van der Waals surface area contributed by atoms with Crippen molar-refractivity contribution in [3.05, 3.63) is 23.7 Å². The van der Waals surface area contributed by atoms with Crippen molar-refractivity contribution in [2.75, 3.05) is 13.2 Å². The molecule has 6 nitrogen and oxygen atoms in total. The van der Waals surface area contributed by atoms with E-state index in [0.29, 0.717) is 12.2 Å². The molecule has 0 bridgehead atoms. The SMILES string of the molecule is CCCCn1nc([C@@H]2CCOC2)nc1-c1cc(C#N)c[nH]1. The summed E-state index contributed by atoms with van der Waals surface area (Å²) < 4.78 is 7.38. The average Bonchev–Trinajstić information content (AvgIpc) is 3.22. The second-order valence-corrected chi connectivity index (χ2v) is 5.34. The van der Waals surface area contributed by atoms with Crippen LogP contribution in [0.5, 0.6) is 0 Å². The molecule has 0 aliphatic carbocycles. The second kappa shape index (κ2) is 6.10. The number of aromatic amines is 1. The highest BCUT2D eigenvalue weighted by atomic mass is 16.5. The van der Waals surface area contributed by atoms with Crippen molar-refractivity contribution in [3.63, 3.8) is 0 Å². The van der Waals surface area contributed by atoms with Crippen molar-refractivity contribution in [3.8, 4) is 17.6 Å². The lowest BCUT2D eigenvalue weighted by Crippen LogP contribution is -2.04. The zero-order chi connectivity index (χ0) is 14.7. The Labute approximate surface area is 123 Å². The number of aromatic nitrogens is 4. The van der Waals surface area contributed by atoms with Gasteiger partial charge in [-0.25, -0.2) is 9.67 Å². The van der Waals surface area contributed by atoms with Crippen molar-refractivity contribution >= 4 is 0 Å². The molecule has 0 radical (unpaired) electrons.